The third kappa shape index (κ3) is 4.29. The first-order valence-corrected chi connectivity index (χ1v) is 11.2. The molecule has 1 amide bonds. The maximum absolute atomic E-state index is 13.0. The third-order valence-corrected chi connectivity index (χ3v) is 6.40. The lowest BCUT2D eigenvalue weighted by Gasteiger charge is -2.13. The molecule has 152 valence electrons. The predicted molar refractivity (Wildman–Crippen MR) is 118 cm³/mol. The second kappa shape index (κ2) is 7.78. The van der Waals surface area contributed by atoms with Gasteiger partial charge in [0.25, 0.3) is 5.91 Å². The number of nitrogens with zero attached hydrogens (tertiary/aromatic N) is 1. The SMILES string of the molecule is Cc1cc(S(N)(=O)=O)cc(NC(=O)c2cc(C)n(-c3ccc(Br)cc3)c2C)c1C. The number of aromatic nitrogens is 1. The minimum absolute atomic E-state index is 0.0313. The molecule has 3 rings (SSSR count). The van der Waals surface area contributed by atoms with Crippen LogP contribution >= 0.6 is 15.9 Å². The molecule has 2 aromatic carbocycles. The van der Waals surface area contributed by atoms with Crippen LogP contribution in [0.25, 0.3) is 5.69 Å². The maximum atomic E-state index is 13.0. The van der Waals surface area contributed by atoms with Gasteiger partial charge < -0.3 is 9.88 Å². The van der Waals surface area contributed by atoms with Gasteiger partial charge in [-0.05, 0) is 81.3 Å². The highest BCUT2D eigenvalue weighted by molar-refractivity contribution is 9.10. The summed E-state index contributed by atoms with van der Waals surface area (Å²) in [6, 6.07) is 12.5. The fourth-order valence-electron chi connectivity index (χ4n) is 3.29. The highest BCUT2D eigenvalue weighted by Gasteiger charge is 2.19. The number of carbonyl (C=O) groups excluding carboxylic acids is 1. The summed E-state index contributed by atoms with van der Waals surface area (Å²) in [7, 11) is -3.87. The van der Waals surface area contributed by atoms with Gasteiger partial charge in [-0.25, -0.2) is 13.6 Å². The number of aryl methyl sites for hydroxylation is 2. The molecule has 29 heavy (non-hydrogen) atoms. The van der Waals surface area contributed by atoms with Gasteiger partial charge in [0.05, 0.1) is 10.5 Å². The molecule has 3 aromatic rings. The van der Waals surface area contributed by atoms with Crippen LogP contribution in [0.3, 0.4) is 0 Å². The summed E-state index contributed by atoms with van der Waals surface area (Å²) in [5.41, 5.74) is 5.11. The second-order valence-electron chi connectivity index (χ2n) is 7.01. The van der Waals surface area contributed by atoms with Gasteiger partial charge in [-0.2, -0.15) is 0 Å². The number of sulfonamides is 1. The Bertz CT molecular complexity index is 1210. The lowest BCUT2D eigenvalue weighted by molar-refractivity contribution is 0.102. The molecule has 0 bridgehead atoms. The zero-order valence-electron chi connectivity index (χ0n) is 16.6. The number of rotatable bonds is 4. The zero-order valence-corrected chi connectivity index (χ0v) is 19.0. The van der Waals surface area contributed by atoms with E-state index in [1.165, 1.54) is 12.1 Å². The summed E-state index contributed by atoms with van der Waals surface area (Å²) in [6.07, 6.45) is 0. The molecule has 6 nitrogen and oxygen atoms in total. The van der Waals surface area contributed by atoms with Gasteiger partial charge in [0.1, 0.15) is 0 Å². The van der Waals surface area contributed by atoms with Crippen LogP contribution in [-0.2, 0) is 10.0 Å². The molecule has 8 heteroatoms. The molecule has 0 aliphatic rings. The molecule has 3 N–H and O–H groups in total. The van der Waals surface area contributed by atoms with E-state index >= 15 is 0 Å². The first-order valence-electron chi connectivity index (χ1n) is 8.89. The Hall–Kier alpha value is -2.42. The second-order valence-corrected chi connectivity index (χ2v) is 9.49. The number of nitrogens with one attached hydrogen (secondary N) is 1. The highest BCUT2D eigenvalue weighted by atomic mass is 79.9. The molecule has 0 unspecified atom stereocenters. The van der Waals surface area contributed by atoms with Crippen LogP contribution in [0.2, 0.25) is 0 Å². The number of benzene rings is 2. The minimum atomic E-state index is -3.87. The Labute approximate surface area is 178 Å². The fourth-order valence-corrected chi connectivity index (χ4v) is 4.18. The van der Waals surface area contributed by atoms with Gasteiger partial charge in [0, 0.05) is 27.2 Å². The number of primary sulfonamides is 1. The molecule has 0 atom stereocenters. The summed E-state index contributed by atoms with van der Waals surface area (Å²) in [6.45, 7) is 7.41. The summed E-state index contributed by atoms with van der Waals surface area (Å²) in [4.78, 5) is 13.0. The number of amides is 1. The Kier molecular flexibility index (Phi) is 5.71. The molecule has 1 heterocycles. The number of carbonyl (C=O) groups is 1. The lowest BCUT2D eigenvalue weighted by atomic mass is 10.1. The molecular weight excluding hydrogens is 454 g/mol. The summed E-state index contributed by atoms with van der Waals surface area (Å²) in [5, 5.41) is 8.10. The van der Waals surface area contributed by atoms with Crippen LogP contribution in [-0.4, -0.2) is 18.9 Å². The minimum Gasteiger partial charge on any atom is -0.322 e. The van der Waals surface area contributed by atoms with E-state index in [1.54, 1.807) is 6.92 Å². The molecule has 0 saturated heterocycles. The molecule has 0 aliphatic carbocycles. The van der Waals surface area contributed by atoms with Gasteiger partial charge in [0.15, 0.2) is 0 Å². The Morgan fingerprint density at radius 2 is 1.66 bits per heavy atom. The van der Waals surface area contributed by atoms with Crippen molar-refractivity contribution < 1.29 is 13.2 Å². The van der Waals surface area contributed by atoms with Crippen molar-refractivity contribution in [2.24, 2.45) is 5.14 Å². The molecule has 0 saturated carbocycles. The molecule has 0 fully saturated rings. The molecule has 1 aromatic heterocycles. The standard InChI is InChI=1S/C21H22BrN3O3S/c1-12-9-18(29(23,27)28)11-20(14(12)3)24-21(26)19-10-13(2)25(15(19)4)17-7-5-16(22)6-8-17/h5-11H,1-4H3,(H,24,26)(H2,23,27,28). The van der Waals surface area contributed by atoms with Crippen molar-refractivity contribution in [3.63, 3.8) is 0 Å². The summed E-state index contributed by atoms with van der Waals surface area (Å²) in [5.74, 6) is -0.310. The number of halogens is 1. The van der Waals surface area contributed by atoms with Gasteiger partial charge in [0.2, 0.25) is 10.0 Å². The third-order valence-electron chi connectivity index (χ3n) is 4.98. The van der Waals surface area contributed by atoms with Crippen molar-refractivity contribution in [1.82, 2.24) is 4.57 Å². The number of anilines is 1. The van der Waals surface area contributed by atoms with E-state index in [4.69, 9.17) is 5.14 Å². The number of nitrogens with two attached hydrogens (primary N) is 1. The molecule has 0 spiro atoms. The maximum Gasteiger partial charge on any atom is 0.257 e. The molecule has 0 aliphatic heterocycles. The van der Waals surface area contributed by atoms with E-state index in [0.717, 1.165) is 32.7 Å². The van der Waals surface area contributed by atoms with Crippen molar-refractivity contribution in [1.29, 1.82) is 0 Å². The fraction of sp³-hybridized carbons (Fsp3) is 0.190. The van der Waals surface area contributed by atoms with Gasteiger partial charge in [-0.3, -0.25) is 4.79 Å². The number of hydrogen-bond acceptors (Lipinski definition) is 3. The summed E-state index contributed by atoms with van der Waals surface area (Å²) < 4.78 is 26.5. The van der Waals surface area contributed by atoms with Crippen LogP contribution in [0.4, 0.5) is 5.69 Å². The average molecular weight is 476 g/mol. The lowest BCUT2D eigenvalue weighted by Crippen LogP contribution is -2.17. The van der Waals surface area contributed by atoms with Crippen molar-refractivity contribution in [3.8, 4) is 5.69 Å². The van der Waals surface area contributed by atoms with Crippen molar-refractivity contribution in [2.75, 3.05) is 5.32 Å². The van der Waals surface area contributed by atoms with Crippen LogP contribution in [0.15, 0.2) is 51.8 Å². The average Bonchev–Trinajstić information content (AvgIpc) is 2.93. The smallest absolute Gasteiger partial charge is 0.257 e. The van der Waals surface area contributed by atoms with Gasteiger partial charge in [-0.15, -0.1) is 0 Å². The zero-order chi connectivity index (χ0) is 21.5. The van der Waals surface area contributed by atoms with Crippen LogP contribution in [0, 0.1) is 27.7 Å². The first-order chi connectivity index (χ1) is 13.5. The molecular formula is C21H22BrN3O3S. The largest absolute Gasteiger partial charge is 0.322 e. The number of hydrogen-bond donors (Lipinski definition) is 2. The van der Waals surface area contributed by atoms with E-state index < -0.39 is 10.0 Å². The summed E-state index contributed by atoms with van der Waals surface area (Å²) >= 11 is 3.43. The Morgan fingerprint density at radius 3 is 2.24 bits per heavy atom. The first kappa shape index (κ1) is 21.3. The monoisotopic (exact) mass is 475 g/mol. The van der Waals surface area contributed by atoms with E-state index in [9.17, 15) is 13.2 Å². The van der Waals surface area contributed by atoms with Crippen molar-refractivity contribution >= 4 is 37.5 Å². The van der Waals surface area contributed by atoms with E-state index in [0.29, 0.717) is 11.3 Å². The van der Waals surface area contributed by atoms with E-state index in [1.807, 2.05) is 55.7 Å². The van der Waals surface area contributed by atoms with Gasteiger partial charge >= 0.3 is 0 Å². The molecule has 0 radical (unpaired) electrons. The Balaban J connectivity index is 2.00. The predicted octanol–water partition coefficient (Wildman–Crippen LogP) is 4.37. The van der Waals surface area contributed by atoms with Gasteiger partial charge in [-0.1, -0.05) is 15.9 Å². The highest BCUT2D eigenvalue weighted by Crippen LogP contribution is 2.26. The van der Waals surface area contributed by atoms with E-state index in [2.05, 4.69) is 21.2 Å². The van der Waals surface area contributed by atoms with Crippen LogP contribution < -0.4 is 10.5 Å². The van der Waals surface area contributed by atoms with Crippen molar-refractivity contribution in [3.05, 3.63) is 75.0 Å². The van der Waals surface area contributed by atoms with E-state index in [-0.39, 0.29) is 10.8 Å². The van der Waals surface area contributed by atoms with Crippen LogP contribution in [0.5, 0.6) is 0 Å². The quantitative estimate of drug-likeness (QED) is 0.586. The topological polar surface area (TPSA) is 94.2 Å². The Morgan fingerprint density at radius 1 is 1.03 bits per heavy atom. The van der Waals surface area contributed by atoms with Crippen molar-refractivity contribution in [2.45, 2.75) is 32.6 Å². The normalized spacial score (nSPS) is 11.5. The van der Waals surface area contributed by atoms with Crippen LogP contribution in [0.1, 0.15) is 32.9 Å².